The van der Waals surface area contributed by atoms with Gasteiger partial charge in [-0.15, -0.1) is 11.8 Å². The molecular formula is C13H19F3N2S. The number of nitrogens with zero attached hydrogens (tertiary/aromatic N) is 1. The van der Waals surface area contributed by atoms with Gasteiger partial charge in [-0.05, 0) is 45.9 Å². The molecule has 1 aromatic rings. The second kappa shape index (κ2) is 6.61. The van der Waals surface area contributed by atoms with E-state index in [1.54, 1.807) is 0 Å². The molecule has 0 atom stereocenters. The molecule has 0 spiro atoms. The van der Waals surface area contributed by atoms with Gasteiger partial charge in [0.25, 0.3) is 0 Å². The maximum Gasteiger partial charge on any atom is 0.417 e. The average molecular weight is 292 g/mol. The molecule has 0 saturated heterocycles. The number of aromatic nitrogens is 1. The number of pyridine rings is 1. The van der Waals surface area contributed by atoms with Crippen LogP contribution in [0, 0.1) is 0 Å². The van der Waals surface area contributed by atoms with Crippen LogP contribution in [0.5, 0.6) is 0 Å². The van der Waals surface area contributed by atoms with Crippen molar-refractivity contribution in [3.05, 3.63) is 23.9 Å². The molecule has 0 radical (unpaired) electrons. The van der Waals surface area contributed by atoms with E-state index in [1.165, 1.54) is 17.8 Å². The lowest BCUT2D eigenvalue weighted by atomic mass is 10.1. The summed E-state index contributed by atoms with van der Waals surface area (Å²) in [5, 5.41) is 3.98. The fourth-order valence-electron chi connectivity index (χ4n) is 1.35. The van der Waals surface area contributed by atoms with Crippen molar-refractivity contribution in [2.75, 3.05) is 12.3 Å². The Morgan fingerprint density at radius 1 is 1.21 bits per heavy atom. The summed E-state index contributed by atoms with van der Waals surface area (Å²) < 4.78 is 37.0. The Morgan fingerprint density at radius 3 is 2.37 bits per heavy atom. The van der Waals surface area contributed by atoms with E-state index in [-0.39, 0.29) is 5.54 Å². The van der Waals surface area contributed by atoms with E-state index in [4.69, 9.17) is 0 Å². The minimum atomic E-state index is -4.31. The molecule has 1 N–H and O–H groups in total. The van der Waals surface area contributed by atoms with Gasteiger partial charge in [-0.25, -0.2) is 4.98 Å². The first-order valence-corrected chi connectivity index (χ1v) is 7.08. The van der Waals surface area contributed by atoms with Crippen LogP contribution < -0.4 is 5.32 Å². The van der Waals surface area contributed by atoms with Gasteiger partial charge in [-0.2, -0.15) is 13.2 Å². The summed E-state index contributed by atoms with van der Waals surface area (Å²) >= 11 is 1.47. The average Bonchev–Trinajstić information content (AvgIpc) is 2.26. The van der Waals surface area contributed by atoms with E-state index in [1.807, 2.05) is 0 Å². The third kappa shape index (κ3) is 6.82. The molecule has 1 heterocycles. The van der Waals surface area contributed by atoms with Crippen LogP contribution in [-0.4, -0.2) is 22.8 Å². The van der Waals surface area contributed by atoms with Gasteiger partial charge in [0, 0.05) is 17.5 Å². The molecule has 0 bridgehead atoms. The molecule has 1 rings (SSSR count). The highest BCUT2D eigenvalue weighted by Gasteiger charge is 2.30. The fourth-order valence-corrected chi connectivity index (χ4v) is 2.13. The van der Waals surface area contributed by atoms with Gasteiger partial charge < -0.3 is 5.32 Å². The van der Waals surface area contributed by atoms with Crippen molar-refractivity contribution in [3.8, 4) is 0 Å². The summed E-state index contributed by atoms with van der Waals surface area (Å²) in [6.45, 7) is 7.17. The number of hydrogen-bond acceptors (Lipinski definition) is 3. The molecule has 0 unspecified atom stereocenters. The van der Waals surface area contributed by atoms with Crippen LogP contribution >= 0.6 is 11.8 Å². The van der Waals surface area contributed by atoms with Crippen LogP contribution in [0.2, 0.25) is 0 Å². The zero-order valence-electron chi connectivity index (χ0n) is 11.3. The highest BCUT2D eigenvalue weighted by molar-refractivity contribution is 7.99. The summed E-state index contributed by atoms with van der Waals surface area (Å²) in [6.07, 6.45) is -2.48. The van der Waals surface area contributed by atoms with Gasteiger partial charge in [-0.3, -0.25) is 0 Å². The van der Waals surface area contributed by atoms with Crippen LogP contribution in [0.4, 0.5) is 13.2 Å². The van der Waals surface area contributed by atoms with E-state index in [2.05, 4.69) is 31.1 Å². The monoisotopic (exact) mass is 292 g/mol. The van der Waals surface area contributed by atoms with Crippen LogP contribution in [0.25, 0.3) is 0 Å². The number of hydrogen-bond donors (Lipinski definition) is 1. The first-order valence-electron chi connectivity index (χ1n) is 6.09. The Kier molecular flexibility index (Phi) is 5.67. The van der Waals surface area contributed by atoms with E-state index in [0.717, 1.165) is 31.0 Å². The van der Waals surface area contributed by atoms with Crippen molar-refractivity contribution in [2.45, 2.75) is 43.9 Å². The zero-order chi connectivity index (χ0) is 14.5. The van der Waals surface area contributed by atoms with Gasteiger partial charge in [0.1, 0.15) is 0 Å². The summed E-state index contributed by atoms with van der Waals surface area (Å²) in [4.78, 5) is 3.81. The topological polar surface area (TPSA) is 24.9 Å². The maximum absolute atomic E-state index is 12.3. The molecule has 19 heavy (non-hydrogen) atoms. The highest BCUT2D eigenvalue weighted by Crippen LogP contribution is 2.29. The van der Waals surface area contributed by atoms with Crippen molar-refractivity contribution in [1.82, 2.24) is 10.3 Å². The summed E-state index contributed by atoms with van der Waals surface area (Å²) in [5.41, 5.74) is -0.608. The lowest BCUT2D eigenvalue weighted by molar-refractivity contribution is -0.137. The van der Waals surface area contributed by atoms with Crippen LogP contribution in [-0.2, 0) is 6.18 Å². The number of thioether (sulfide) groups is 1. The van der Waals surface area contributed by atoms with E-state index >= 15 is 0 Å². The molecular weight excluding hydrogens is 273 g/mol. The highest BCUT2D eigenvalue weighted by atomic mass is 32.2. The second-order valence-electron chi connectivity index (χ2n) is 5.26. The Labute approximate surface area is 116 Å². The van der Waals surface area contributed by atoms with Crippen molar-refractivity contribution in [1.29, 1.82) is 0 Å². The largest absolute Gasteiger partial charge is 0.417 e. The second-order valence-corrected chi connectivity index (χ2v) is 6.38. The Hall–Kier alpha value is -0.750. The molecule has 2 nitrogen and oxygen atoms in total. The SMILES string of the molecule is CC(C)(C)NCCCSc1ccc(C(F)(F)F)cn1. The van der Waals surface area contributed by atoms with E-state index < -0.39 is 11.7 Å². The summed E-state index contributed by atoms with van der Waals surface area (Å²) in [7, 11) is 0. The molecule has 0 aliphatic carbocycles. The normalized spacial score (nSPS) is 12.7. The minimum absolute atomic E-state index is 0.0945. The van der Waals surface area contributed by atoms with Crippen LogP contribution in [0.3, 0.4) is 0 Å². The van der Waals surface area contributed by atoms with Crippen molar-refractivity contribution >= 4 is 11.8 Å². The first-order chi connectivity index (χ1) is 8.68. The predicted molar refractivity (Wildman–Crippen MR) is 72.3 cm³/mol. The predicted octanol–water partition coefficient (Wildman–Crippen LogP) is 3.97. The molecule has 1 aromatic heterocycles. The lowest BCUT2D eigenvalue weighted by Crippen LogP contribution is -2.36. The van der Waals surface area contributed by atoms with Crippen LogP contribution in [0.15, 0.2) is 23.4 Å². The third-order valence-electron chi connectivity index (χ3n) is 2.29. The third-order valence-corrected chi connectivity index (χ3v) is 3.32. The standard InChI is InChI=1S/C13H19F3N2S/c1-12(2,3)18-7-4-8-19-11-6-5-10(9-17-11)13(14,15)16/h5-6,9,18H,4,7-8H2,1-3H3. The minimum Gasteiger partial charge on any atom is -0.312 e. The quantitative estimate of drug-likeness (QED) is 0.656. The lowest BCUT2D eigenvalue weighted by Gasteiger charge is -2.20. The Balaban J connectivity index is 2.31. The van der Waals surface area contributed by atoms with Gasteiger partial charge in [0.2, 0.25) is 0 Å². The van der Waals surface area contributed by atoms with Crippen molar-refractivity contribution < 1.29 is 13.2 Å². The number of nitrogens with one attached hydrogen (secondary N) is 1. The number of alkyl halides is 3. The molecule has 0 saturated carbocycles. The Bertz CT molecular complexity index is 382. The van der Waals surface area contributed by atoms with Gasteiger partial charge in [0.05, 0.1) is 10.6 Å². The molecule has 108 valence electrons. The molecule has 0 aromatic carbocycles. The summed E-state index contributed by atoms with van der Waals surface area (Å²) in [5.74, 6) is 0.835. The first kappa shape index (κ1) is 16.3. The smallest absolute Gasteiger partial charge is 0.312 e. The molecule has 6 heteroatoms. The molecule has 0 aliphatic heterocycles. The van der Waals surface area contributed by atoms with Crippen molar-refractivity contribution in [2.24, 2.45) is 0 Å². The van der Waals surface area contributed by atoms with Crippen LogP contribution in [0.1, 0.15) is 32.8 Å². The maximum atomic E-state index is 12.3. The van der Waals surface area contributed by atoms with Crippen molar-refractivity contribution in [3.63, 3.8) is 0 Å². The van der Waals surface area contributed by atoms with Gasteiger partial charge >= 0.3 is 6.18 Å². The Morgan fingerprint density at radius 2 is 1.89 bits per heavy atom. The summed E-state index contributed by atoms with van der Waals surface area (Å²) in [6, 6.07) is 2.49. The molecule has 0 aliphatic rings. The zero-order valence-corrected chi connectivity index (χ0v) is 12.2. The van der Waals surface area contributed by atoms with Gasteiger partial charge in [-0.1, -0.05) is 0 Å². The number of halogens is 3. The molecule has 0 fully saturated rings. The van der Waals surface area contributed by atoms with E-state index in [0.29, 0.717) is 5.03 Å². The van der Waals surface area contributed by atoms with E-state index in [9.17, 15) is 13.2 Å². The number of rotatable bonds is 5. The molecule has 0 amide bonds. The van der Waals surface area contributed by atoms with Gasteiger partial charge in [0.15, 0.2) is 0 Å². The fraction of sp³-hybridized carbons (Fsp3) is 0.615.